The molecule has 0 spiro atoms. The number of carbonyl (C=O) groups is 1. The summed E-state index contributed by atoms with van der Waals surface area (Å²) >= 11 is 0. The number of rotatable bonds is 4. The Morgan fingerprint density at radius 3 is 2.48 bits per heavy atom. The molecule has 0 atom stereocenters. The molecule has 0 aliphatic carbocycles. The lowest BCUT2D eigenvalue weighted by molar-refractivity contribution is 0.102. The number of halogens is 1. The minimum Gasteiger partial charge on any atom is -0.370 e. The van der Waals surface area contributed by atoms with Crippen molar-refractivity contribution >= 4 is 17.4 Å². The van der Waals surface area contributed by atoms with Gasteiger partial charge in [0.1, 0.15) is 11.6 Å². The molecule has 2 N–H and O–H groups in total. The van der Waals surface area contributed by atoms with Gasteiger partial charge in [-0.1, -0.05) is 6.07 Å². The molecule has 110 valence electrons. The predicted octanol–water partition coefficient (Wildman–Crippen LogP) is 3.52. The third kappa shape index (κ3) is 3.78. The number of anilines is 2. The van der Waals surface area contributed by atoms with Crippen LogP contribution in [0.3, 0.4) is 0 Å². The molecule has 0 aliphatic heterocycles. The molecular formula is C16H18FN3O. The van der Waals surface area contributed by atoms with E-state index in [0.717, 1.165) is 17.3 Å². The van der Waals surface area contributed by atoms with E-state index in [1.807, 2.05) is 39.0 Å². The van der Waals surface area contributed by atoms with Crippen molar-refractivity contribution in [3.8, 4) is 0 Å². The zero-order chi connectivity index (χ0) is 15.4. The van der Waals surface area contributed by atoms with Crippen LogP contribution in [0.2, 0.25) is 0 Å². The Hall–Kier alpha value is -2.43. The van der Waals surface area contributed by atoms with Crippen molar-refractivity contribution in [3.05, 3.63) is 53.0 Å². The highest BCUT2D eigenvalue weighted by Gasteiger charge is 2.14. The molecule has 0 bridgehead atoms. The number of hydrogen-bond donors (Lipinski definition) is 2. The maximum atomic E-state index is 13.3. The Morgan fingerprint density at radius 1 is 1.19 bits per heavy atom. The highest BCUT2D eigenvalue weighted by atomic mass is 19.1. The minimum atomic E-state index is -0.540. The molecule has 4 nitrogen and oxygen atoms in total. The predicted molar refractivity (Wildman–Crippen MR) is 82.2 cm³/mol. The summed E-state index contributed by atoms with van der Waals surface area (Å²) in [6.45, 7) is 6.39. The highest BCUT2D eigenvalue weighted by Crippen LogP contribution is 2.18. The molecular weight excluding hydrogens is 269 g/mol. The first-order valence-corrected chi connectivity index (χ1v) is 6.78. The van der Waals surface area contributed by atoms with E-state index in [2.05, 4.69) is 15.6 Å². The molecule has 0 fully saturated rings. The fraction of sp³-hybridized carbons (Fsp3) is 0.250. The molecule has 0 aliphatic rings. The van der Waals surface area contributed by atoms with Gasteiger partial charge in [0, 0.05) is 12.2 Å². The zero-order valence-electron chi connectivity index (χ0n) is 12.3. The van der Waals surface area contributed by atoms with Crippen LogP contribution in [0, 0.1) is 19.7 Å². The summed E-state index contributed by atoms with van der Waals surface area (Å²) in [5.41, 5.74) is 2.98. The Labute approximate surface area is 123 Å². The van der Waals surface area contributed by atoms with Gasteiger partial charge in [0.15, 0.2) is 0 Å². The van der Waals surface area contributed by atoms with Crippen LogP contribution in [0.4, 0.5) is 15.9 Å². The second kappa shape index (κ2) is 6.35. The second-order valence-electron chi connectivity index (χ2n) is 4.91. The molecule has 0 unspecified atom stereocenters. The van der Waals surface area contributed by atoms with E-state index in [-0.39, 0.29) is 11.5 Å². The van der Waals surface area contributed by atoms with Crippen LogP contribution in [0.25, 0.3) is 0 Å². The molecule has 21 heavy (non-hydrogen) atoms. The van der Waals surface area contributed by atoms with Crippen LogP contribution < -0.4 is 10.6 Å². The fourth-order valence-corrected chi connectivity index (χ4v) is 2.17. The van der Waals surface area contributed by atoms with E-state index < -0.39 is 5.82 Å². The summed E-state index contributed by atoms with van der Waals surface area (Å²) in [5.74, 6) is -0.550. The van der Waals surface area contributed by atoms with Gasteiger partial charge in [0.25, 0.3) is 5.91 Å². The molecule has 2 rings (SSSR count). The number of pyridine rings is 1. The van der Waals surface area contributed by atoms with Crippen molar-refractivity contribution < 1.29 is 9.18 Å². The fourth-order valence-electron chi connectivity index (χ4n) is 2.17. The SMILES string of the molecule is CCNc1ncc(F)cc1C(=O)Nc1cc(C)cc(C)c1. The molecule has 5 heteroatoms. The lowest BCUT2D eigenvalue weighted by Gasteiger charge is -2.11. The average molecular weight is 287 g/mol. The first kappa shape index (κ1) is 15.0. The van der Waals surface area contributed by atoms with Crippen LogP contribution in [0.15, 0.2) is 30.5 Å². The summed E-state index contributed by atoms with van der Waals surface area (Å²) in [6.07, 6.45) is 1.09. The van der Waals surface area contributed by atoms with E-state index in [1.165, 1.54) is 6.07 Å². The molecule has 1 heterocycles. The van der Waals surface area contributed by atoms with Gasteiger partial charge in [-0.2, -0.15) is 0 Å². The van der Waals surface area contributed by atoms with Gasteiger partial charge in [0.05, 0.1) is 11.8 Å². The standard InChI is InChI=1S/C16H18FN3O/c1-4-18-15-14(8-12(17)9-19-15)16(21)20-13-6-10(2)5-11(3)7-13/h5-9H,4H2,1-3H3,(H,18,19)(H,20,21). The largest absolute Gasteiger partial charge is 0.370 e. The maximum Gasteiger partial charge on any atom is 0.259 e. The number of nitrogens with zero attached hydrogens (tertiary/aromatic N) is 1. The number of nitrogens with one attached hydrogen (secondary N) is 2. The molecule has 0 radical (unpaired) electrons. The Kier molecular flexibility index (Phi) is 4.52. The van der Waals surface area contributed by atoms with Crippen LogP contribution in [-0.2, 0) is 0 Å². The Morgan fingerprint density at radius 2 is 1.86 bits per heavy atom. The lowest BCUT2D eigenvalue weighted by Crippen LogP contribution is -2.16. The van der Waals surface area contributed by atoms with E-state index in [4.69, 9.17) is 0 Å². The molecule has 2 aromatic rings. The number of amides is 1. The van der Waals surface area contributed by atoms with Crippen LogP contribution in [0.1, 0.15) is 28.4 Å². The molecule has 0 saturated carbocycles. The first-order chi connectivity index (χ1) is 9.99. The molecule has 1 amide bonds. The van der Waals surface area contributed by atoms with Crippen molar-refractivity contribution in [2.45, 2.75) is 20.8 Å². The van der Waals surface area contributed by atoms with E-state index in [1.54, 1.807) is 0 Å². The quantitative estimate of drug-likeness (QED) is 0.904. The van der Waals surface area contributed by atoms with E-state index >= 15 is 0 Å². The number of aryl methyl sites for hydroxylation is 2. The zero-order valence-corrected chi connectivity index (χ0v) is 12.3. The van der Waals surface area contributed by atoms with Crippen LogP contribution in [-0.4, -0.2) is 17.4 Å². The minimum absolute atomic E-state index is 0.191. The third-order valence-electron chi connectivity index (χ3n) is 2.92. The van der Waals surface area contributed by atoms with Gasteiger partial charge < -0.3 is 10.6 Å². The van der Waals surface area contributed by atoms with Gasteiger partial charge in [-0.25, -0.2) is 9.37 Å². The number of aromatic nitrogens is 1. The van der Waals surface area contributed by atoms with E-state index in [0.29, 0.717) is 18.1 Å². The van der Waals surface area contributed by atoms with Gasteiger partial charge >= 0.3 is 0 Å². The smallest absolute Gasteiger partial charge is 0.259 e. The third-order valence-corrected chi connectivity index (χ3v) is 2.92. The molecule has 1 aromatic carbocycles. The summed E-state index contributed by atoms with van der Waals surface area (Å²) in [7, 11) is 0. The van der Waals surface area contributed by atoms with Crippen molar-refractivity contribution in [2.75, 3.05) is 17.2 Å². The van der Waals surface area contributed by atoms with Crippen LogP contribution in [0.5, 0.6) is 0 Å². The summed E-state index contributed by atoms with van der Waals surface area (Å²) in [6, 6.07) is 6.93. The number of hydrogen-bond acceptors (Lipinski definition) is 3. The lowest BCUT2D eigenvalue weighted by atomic mass is 10.1. The van der Waals surface area contributed by atoms with Crippen molar-refractivity contribution in [2.24, 2.45) is 0 Å². The highest BCUT2D eigenvalue weighted by molar-refractivity contribution is 6.07. The molecule has 1 aromatic heterocycles. The monoisotopic (exact) mass is 287 g/mol. The van der Waals surface area contributed by atoms with Gasteiger partial charge in [0.2, 0.25) is 0 Å². The van der Waals surface area contributed by atoms with Crippen molar-refractivity contribution in [1.82, 2.24) is 4.98 Å². The second-order valence-corrected chi connectivity index (χ2v) is 4.91. The summed E-state index contributed by atoms with van der Waals surface area (Å²) in [5, 5.41) is 5.73. The van der Waals surface area contributed by atoms with Gasteiger partial charge in [-0.05, 0) is 50.1 Å². The van der Waals surface area contributed by atoms with Crippen molar-refractivity contribution in [1.29, 1.82) is 0 Å². The average Bonchev–Trinajstić information content (AvgIpc) is 2.39. The maximum absolute atomic E-state index is 13.3. The molecule has 0 saturated heterocycles. The van der Waals surface area contributed by atoms with E-state index in [9.17, 15) is 9.18 Å². The Bertz CT molecular complexity index is 650. The first-order valence-electron chi connectivity index (χ1n) is 6.78. The Balaban J connectivity index is 2.29. The number of benzene rings is 1. The van der Waals surface area contributed by atoms with Gasteiger partial charge in [-0.3, -0.25) is 4.79 Å². The normalized spacial score (nSPS) is 10.3. The number of carbonyl (C=O) groups excluding carboxylic acids is 1. The van der Waals surface area contributed by atoms with Gasteiger partial charge in [-0.15, -0.1) is 0 Å². The summed E-state index contributed by atoms with van der Waals surface area (Å²) < 4.78 is 13.3. The topological polar surface area (TPSA) is 54.0 Å². The summed E-state index contributed by atoms with van der Waals surface area (Å²) in [4.78, 5) is 16.2. The van der Waals surface area contributed by atoms with Crippen LogP contribution >= 0.6 is 0 Å². The van der Waals surface area contributed by atoms with Crippen molar-refractivity contribution in [3.63, 3.8) is 0 Å².